The number of hydrogen-bond donors (Lipinski definition) is 14. The van der Waals surface area contributed by atoms with Gasteiger partial charge in [-0.05, 0) is 12.5 Å². The molecule has 19 heteroatoms. The first-order valence-electron chi connectivity index (χ1n) is 14.1. The Morgan fingerprint density at radius 2 is 1.34 bits per heavy atom. The highest BCUT2D eigenvalue weighted by Crippen LogP contribution is 2.31. The van der Waals surface area contributed by atoms with Crippen LogP contribution in [-0.4, -0.2) is 203 Å². The van der Waals surface area contributed by atoms with E-state index in [1.807, 2.05) is 0 Å². The van der Waals surface area contributed by atoms with Gasteiger partial charge in [0.15, 0.2) is 18.9 Å². The first kappa shape index (κ1) is 35.8. The van der Waals surface area contributed by atoms with Gasteiger partial charge in [0.1, 0.15) is 79.4 Å². The highest BCUT2D eigenvalue weighted by Gasteiger charge is 2.52. The molecule has 0 aromatic carbocycles. The molecular weight excluding hydrogens is 602 g/mol. The number of ether oxygens (including phenoxy) is 5. The molecule has 14 N–H and O–H groups in total. The second kappa shape index (κ2) is 14.8. The maximum Gasteiger partial charge on any atom is 0.187 e. The fourth-order valence-electron chi connectivity index (χ4n) is 5.71. The highest BCUT2D eigenvalue weighted by atomic mass is 16.7. The van der Waals surface area contributed by atoms with Crippen LogP contribution in [0.5, 0.6) is 0 Å². The Balaban J connectivity index is 1.37. The molecule has 19 atom stereocenters. The summed E-state index contributed by atoms with van der Waals surface area (Å²) in [5.74, 6) is 0. The van der Waals surface area contributed by atoms with E-state index >= 15 is 0 Å². The molecule has 0 radical (unpaired) electrons. The van der Waals surface area contributed by atoms with Gasteiger partial charge in [-0.3, -0.25) is 0 Å². The standard InChI is InChI=1S/C25H43NO18/c1-6-11(26-8-2-7(3-27)12(29)16(33)13(8)30)15(32)20(37)25(41-6)44-22-9(4-28)43-24(21(38)18(22)35)40-5-10-14(31)17(34)19(36)23(39)42-10/h2,6,8-39H,3-5H2,1H3/t6-,8+,9+,10-,11+,12-,13+,14+,15+,16-,17+,18+,19+,20+,21-,22-,23-,24+,25+/m1/s1. The van der Waals surface area contributed by atoms with Crippen molar-refractivity contribution in [1.82, 2.24) is 5.32 Å². The zero-order valence-electron chi connectivity index (χ0n) is 23.5. The molecule has 19 nitrogen and oxygen atoms in total. The van der Waals surface area contributed by atoms with Crippen LogP contribution in [0, 0.1) is 0 Å². The average Bonchev–Trinajstić information content (AvgIpc) is 3.00. The number of aliphatic hydroxyl groups excluding tert-OH is 13. The van der Waals surface area contributed by atoms with E-state index < -0.39 is 136 Å². The summed E-state index contributed by atoms with van der Waals surface area (Å²) < 4.78 is 27.2. The van der Waals surface area contributed by atoms with Crippen LogP contribution in [0.2, 0.25) is 0 Å². The predicted molar refractivity (Wildman–Crippen MR) is 138 cm³/mol. The summed E-state index contributed by atoms with van der Waals surface area (Å²) in [6.45, 7) is -0.518. The van der Waals surface area contributed by atoms with Crippen LogP contribution in [0.15, 0.2) is 11.6 Å². The lowest BCUT2D eigenvalue weighted by Crippen LogP contribution is -2.68. The van der Waals surface area contributed by atoms with E-state index in [0.717, 1.165) is 0 Å². The van der Waals surface area contributed by atoms with Crippen molar-refractivity contribution in [3.63, 3.8) is 0 Å². The molecule has 0 amide bonds. The summed E-state index contributed by atoms with van der Waals surface area (Å²) in [5, 5.41) is 135. The number of nitrogens with one attached hydrogen (secondary N) is 1. The molecule has 256 valence electrons. The summed E-state index contributed by atoms with van der Waals surface area (Å²) in [5.41, 5.74) is 0.0273. The Morgan fingerprint density at radius 1 is 0.682 bits per heavy atom. The van der Waals surface area contributed by atoms with E-state index in [4.69, 9.17) is 23.7 Å². The molecule has 0 bridgehead atoms. The van der Waals surface area contributed by atoms with Gasteiger partial charge in [-0.15, -0.1) is 0 Å². The zero-order chi connectivity index (χ0) is 32.6. The molecule has 1 aliphatic carbocycles. The Hall–Kier alpha value is -1.02. The van der Waals surface area contributed by atoms with Gasteiger partial charge in [0.2, 0.25) is 0 Å². The molecule has 44 heavy (non-hydrogen) atoms. The molecule has 0 aromatic rings. The van der Waals surface area contributed by atoms with Crippen LogP contribution in [-0.2, 0) is 23.7 Å². The minimum Gasteiger partial charge on any atom is -0.394 e. The fraction of sp³-hybridized carbons (Fsp3) is 0.920. The lowest BCUT2D eigenvalue weighted by molar-refractivity contribution is -0.357. The average molecular weight is 646 g/mol. The maximum absolute atomic E-state index is 10.9. The third-order valence-corrected chi connectivity index (χ3v) is 8.46. The quantitative estimate of drug-likeness (QED) is 0.103. The van der Waals surface area contributed by atoms with Gasteiger partial charge in [-0.25, -0.2) is 0 Å². The van der Waals surface area contributed by atoms with Crippen LogP contribution >= 0.6 is 0 Å². The zero-order valence-corrected chi connectivity index (χ0v) is 23.5. The van der Waals surface area contributed by atoms with Crippen LogP contribution in [0.1, 0.15) is 6.92 Å². The van der Waals surface area contributed by atoms with Crippen molar-refractivity contribution in [2.45, 2.75) is 123 Å². The van der Waals surface area contributed by atoms with E-state index in [9.17, 15) is 66.4 Å². The lowest BCUT2D eigenvalue weighted by atomic mass is 9.86. The molecule has 0 unspecified atom stereocenters. The van der Waals surface area contributed by atoms with Crippen LogP contribution < -0.4 is 5.32 Å². The van der Waals surface area contributed by atoms with Gasteiger partial charge >= 0.3 is 0 Å². The van der Waals surface area contributed by atoms with Crippen molar-refractivity contribution in [3.8, 4) is 0 Å². The van der Waals surface area contributed by atoms with E-state index in [-0.39, 0.29) is 5.57 Å². The minimum atomic E-state index is -1.84. The van der Waals surface area contributed by atoms with Crippen LogP contribution in [0.3, 0.4) is 0 Å². The molecule has 3 fully saturated rings. The molecule has 3 heterocycles. The summed E-state index contributed by atoms with van der Waals surface area (Å²) in [6.07, 6.45) is -26.1. The molecule has 4 aliphatic rings. The van der Waals surface area contributed by atoms with Gasteiger partial charge < -0.3 is 95.4 Å². The lowest BCUT2D eigenvalue weighted by Gasteiger charge is -2.47. The minimum absolute atomic E-state index is 0.0273. The smallest absolute Gasteiger partial charge is 0.187 e. The SMILES string of the molecule is C[C@H]1O[C@@H](O[C@H]2[C@@H](O)[C@@H](O)[C@@H](OC[C@H]3O[C@@H](O)[C@@H](O)[C@@H](O)[C@H]3O)O[C@H]2CO)[C@@H](O)[C@@H](O)[C@H]1N[C@H]1C=C(CO)[C@@H](O)[C@@H](O)[C@H]1O. The summed E-state index contributed by atoms with van der Waals surface area (Å²) >= 11 is 0. The molecule has 0 saturated carbocycles. The van der Waals surface area contributed by atoms with Crippen molar-refractivity contribution in [2.75, 3.05) is 19.8 Å². The summed E-state index contributed by atoms with van der Waals surface area (Å²) in [7, 11) is 0. The molecule has 4 rings (SSSR count). The van der Waals surface area contributed by atoms with Crippen LogP contribution in [0.4, 0.5) is 0 Å². The molecule has 0 spiro atoms. The van der Waals surface area contributed by atoms with Crippen molar-refractivity contribution in [3.05, 3.63) is 11.6 Å². The monoisotopic (exact) mass is 645 g/mol. The second-order valence-electron chi connectivity index (χ2n) is 11.4. The van der Waals surface area contributed by atoms with E-state index in [2.05, 4.69) is 5.32 Å². The second-order valence-corrected chi connectivity index (χ2v) is 11.4. The third kappa shape index (κ3) is 7.11. The van der Waals surface area contributed by atoms with Crippen molar-refractivity contribution in [1.29, 1.82) is 0 Å². The molecule has 0 aromatic heterocycles. The largest absolute Gasteiger partial charge is 0.394 e. The van der Waals surface area contributed by atoms with Gasteiger partial charge in [0.05, 0.1) is 38.0 Å². The Labute approximate surface area is 250 Å². The summed E-state index contributed by atoms with van der Waals surface area (Å²) in [4.78, 5) is 0. The van der Waals surface area contributed by atoms with E-state index in [1.165, 1.54) is 13.0 Å². The topological polar surface area (TPSA) is 321 Å². The van der Waals surface area contributed by atoms with Crippen molar-refractivity contribution >= 4 is 0 Å². The fourth-order valence-corrected chi connectivity index (χ4v) is 5.71. The van der Waals surface area contributed by atoms with Gasteiger partial charge in [0.25, 0.3) is 0 Å². The molecule has 3 saturated heterocycles. The number of rotatable bonds is 9. The van der Waals surface area contributed by atoms with Crippen molar-refractivity contribution < 1.29 is 90.1 Å². The molecular formula is C25H43NO18. The number of hydrogen-bond acceptors (Lipinski definition) is 19. The Kier molecular flexibility index (Phi) is 12.1. The van der Waals surface area contributed by atoms with E-state index in [1.54, 1.807) is 0 Å². The van der Waals surface area contributed by atoms with E-state index in [0.29, 0.717) is 0 Å². The number of aliphatic hydroxyl groups is 13. The normalized spacial score (nSPS) is 52.0. The van der Waals surface area contributed by atoms with Gasteiger partial charge in [-0.2, -0.15) is 0 Å². The van der Waals surface area contributed by atoms with Gasteiger partial charge in [-0.1, -0.05) is 6.08 Å². The first-order valence-corrected chi connectivity index (χ1v) is 14.1. The first-order chi connectivity index (χ1) is 20.7. The van der Waals surface area contributed by atoms with Crippen LogP contribution in [0.25, 0.3) is 0 Å². The highest BCUT2D eigenvalue weighted by molar-refractivity contribution is 5.22. The van der Waals surface area contributed by atoms with Crippen molar-refractivity contribution in [2.24, 2.45) is 0 Å². The third-order valence-electron chi connectivity index (χ3n) is 8.46. The molecule has 3 aliphatic heterocycles. The maximum atomic E-state index is 10.9. The Bertz CT molecular complexity index is 960. The van der Waals surface area contributed by atoms with Gasteiger partial charge in [0, 0.05) is 0 Å². The Morgan fingerprint density at radius 3 is 1.98 bits per heavy atom. The summed E-state index contributed by atoms with van der Waals surface area (Å²) in [6, 6.07) is -2.15. The predicted octanol–water partition coefficient (Wildman–Crippen LogP) is -8.56.